The minimum Gasteiger partial charge on any atom is -0.507 e. The van der Waals surface area contributed by atoms with Crippen LogP contribution < -0.4 is 9.64 Å². The number of carbonyl (C=O) groups is 2. The van der Waals surface area contributed by atoms with Gasteiger partial charge >= 0.3 is 0 Å². The molecule has 1 aliphatic heterocycles. The number of benzene rings is 3. The summed E-state index contributed by atoms with van der Waals surface area (Å²) in [6.45, 7) is 10.00. The molecule has 0 aromatic heterocycles. The minimum atomic E-state index is -0.755. The Morgan fingerprint density at radius 3 is 2.23 bits per heavy atom. The summed E-state index contributed by atoms with van der Waals surface area (Å²) >= 11 is 0. The van der Waals surface area contributed by atoms with Gasteiger partial charge in [-0.15, -0.1) is 0 Å². The first-order chi connectivity index (χ1) is 16.7. The maximum atomic E-state index is 13.4. The second kappa shape index (κ2) is 9.79. The molecule has 1 heterocycles. The fraction of sp³-hybridized carbons (Fsp3) is 0.267. The smallest absolute Gasteiger partial charge is 0.300 e. The molecule has 1 N–H and O–H groups in total. The molecule has 3 aromatic carbocycles. The van der Waals surface area contributed by atoms with E-state index in [-0.39, 0.29) is 17.4 Å². The fourth-order valence-corrected chi connectivity index (χ4v) is 4.42. The maximum Gasteiger partial charge on any atom is 0.300 e. The van der Waals surface area contributed by atoms with E-state index < -0.39 is 17.7 Å². The Hall–Kier alpha value is -3.86. The van der Waals surface area contributed by atoms with Crippen LogP contribution in [0.25, 0.3) is 5.76 Å². The van der Waals surface area contributed by atoms with Crippen molar-refractivity contribution in [3.05, 3.63) is 101 Å². The number of aliphatic hydroxyl groups is 1. The van der Waals surface area contributed by atoms with Crippen LogP contribution >= 0.6 is 0 Å². The van der Waals surface area contributed by atoms with E-state index in [2.05, 4.69) is 13.8 Å². The molecule has 0 bridgehead atoms. The highest BCUT2D eigenvalue weighted by molar-refractivity contribution is 6.51. The van der Waals surface area contributed by atoms with Crippen molar-refractivity contribution in [3.8, 4) is 5.75 Å². The minimum absolute atomic E-state index is 0.0425. The SMILES string of the molecule is Cc1cccc(C2/C(=C(/O)c3cccc(OC(C)C)c3)C(=O)C(=O)N2c2ccc(C(C)C)cc2)c1. The van der Waals surface area contributed by atoms with Gasteiger partial charge in [-0.2, -0.15) is 0 Å². The number of hydrogen-bond donors (Lipinski definition) is 1. The number of carbonyl (C=O) groups excluding carboxylic acids is 2. The van der Waals surface area contributed by atoms with E-state index in [1.807, 2.05) is 69.3 Å². The van der Waals surface area contributed by atoms with Crippen molar-refractivity contribution < 1.29 is 19.4 Å². The standard InChI is InChI=1S/C30H31NO4/c1-18(2)21-12-14-24(15-13-21)31-27(22-9-6-8-20(5)16-22)26(29(33)30(31)34)28(32)23-10-7-11-25(17-23)35-19(3)4/h6-19,27,32H,1-5H3/b28-26-. The summed E-state index contributed by atoms with van der Waals surface area (Å²) in [7, 11) is 0. The third-order valence-electron chi connectivity index (χ3n) is 6.12. The molecule has 35 heavy (non-hydrogen) atoms. The molecule has 0 aliphatic carbocycles. The second-order valence-electron chi connectivity index (χ2n) is 9.52. The lowest BCUT2D eigenvalue weighted by molar-refractivity contribution is -0.132. The number of aryl methyl sites for hydroxylation is 1. The number of Topliss-reactive ketones (excluding diaryl/α,β-unsaturated/α-hetero) is 1. The van der Waals surface area contributed by atoms with Crippen LogP contribution in [0, 0.1) is 6.92 Å². The predicted octanol–water partition coefficient (Wildman–Crippen LogP) is 6.53. The van der Waals surface area contributed by atoms with Crippen LogP contribution in [0.5, 0.6) is 5.75 Å². The van der Waals surface area contributed by atoms with Crippen molar-refractivity contribution in [2.45, 2.75) is 52.7 Å². The molecule has 3 aromatic rings. The van der Waals surface area contributed by atoms with E-state index in [1.54, 1.807) is 24.3 Å². The Morgan fingerprint density at radius 2 is 1.60 bits per heavy atom. The Labute approximate surface area is 206 Å². The van der Waals surface area contributed by atoms with Crippen molar-refractivity contribution in [2.24, 2.45) is 0 Å². The number of aliphatic hydroxyl groups excluding tert-OH is 1. The number of anilines is 1. The molecule has 1 amide bonds. The quantitative estimate of drug-likeness (QED) is 0.253. The first kappa shape index (κ1) is 24.3. The highest BCUT2D eigenvalue weighted by Gasteiger charge is 2.47. The third-order valence-corrected chi connectivity index (χ3v) is 6.12. The van der Waals surface area contributed by atoms with Gasteiger partial charge in [0.15, 0.2) is 0 Å². The van der Waals surface area contributed by atoms with Crippen molar-refractivity contribution >= 4 is 23.1 Å². The first-order valence-electron chi connectivity index (χ1n) is 11.9. The van der Waals surface area contributed by atoms with Gasteiger partial charge in [-0.05, 0) is 62.1 Å². The summed E-state index contributed by atoms with van der Waals surface area (Å²) in [5, 5.41) is 11.4. The second-order valence-corrected chi connectivity index (χ2v) is 9.52. The zero-order valence-electron chi connectivity index (χ0n) is 20.8. The molecule has 0 saturated carbocycles. The van der Waals surface area contributed by atoms with Crippen molar-refractivity contribution in [1.29, 1.82) is 0 Å². The Balaban J connectivity index is 1.89. The highest BCUT2D eigenvalue weighted by atomic mass is 16.5. The molecule has 0 radical (unpaired) electrons. The third kappa shape index (κ3) is 4.85. The van der Waals surface area contributed by atoms with Gasteiger partial charge in [0.2, 0.25) is 0 Å². The molecule has 5 heteroatoms. The van der Waals surface area contributed by atoms with Gasteiger partial charge in [0, 0.05) is 11.3 Å². The summed E-state index contributed by atoms with van der Waals surface area (Å²) in [4.78, 5) is 28.2. The van der Waals surface area contributed by atoms with Gasteiger partial charge < -0.3 is 9.84 Å². The van der Waals surface area contributed by atoms with Crippen LogP contribution in [0.1, 0.15) is 61.9 Å². The van der Waals surface area contributed by atoms with E-state index in [1.165, 1.54) is 4.90 Å². The largest absolute Gasteiger partial charge is 0.507 e. The predicted molar refractivity (Wildman–Crippen MR) is 139 cm³/mol. The molecular weight excluding hydrogens is 438 g/mol. The van der Waals surface area contributed by atoms with Gasteiger partial charge in [-0.25, -0.2) is 0 Å². The Kier molecular flexibility index (Phi) is 6.79. The number of ketones is 1. The number of rotatable bonds is 6. The molecular formula is C30H31NO4. The van der Waals surface area contributed by atoms with Gasteiger partial charge in [0.1, 0.15) is 11.5 Å². The van der Waals surface area contributed by atoms with Gasteiger partial charge in [0.25, 0.3) is 11.7 Å². The van der Waals surface area contributed by atoms with E-state index in [4.69, 9.17) is 4.74 Å². The molecule has 1 unspecified atom stereocenters. The summed E-state index contributed by atoms with van der Waals surface area (Å²) in [6.07, 6.45) is -0.0425. The monoisotopic (exact) mass is 469 g/mol. The first-order valence-corrected chi connectivity index (χ1v) is 11.9. The van der Waals surface area contributed by atoms with Crippen LogP contribution in [0.4, 0.5) is 5.69 Å². The number of hydrogen-bond acceptors (Lipinski definition) is 4. The van der Waals surface area contributed by atoms with Crippen LogP contribution in [0.2, 0.25) is 0 Å². The molecule has 5 nitrogen and oxygen atoms in total. The molecule has 4 rings (SSSR count). The van der Waals surface area contributed by atoms with Crippen LogP contribution in [0.15, 0.2) is 78.4 Å². The molecule has 0 spiro atoms. The zero-order chi connectivity index (χ0) is 25.3. The molecule has 1 saturated heterocycles. The maximum absolute atomic E-state index is 13.4. The molecule has 1 aliphatic rings. The van der Waals surface area contributed by atoms with Gasteiger partial charge in [0.05, 0.1) is 17.7 Å². The lowest BCUT2D eigenvalue weighted by Crippen LogP contribution is -2.29. The highest BCUT2D eigenvalue weighted by Crippen LogP contribution is 2.42. The van der Waals surface area contributed by atoms with Crippen molar-refractivity contribution in [2.75, 3.05) is 4.90 Å². The molecule has 180 valence electrons. The van der Waals surface area contributed by atoms with E-state index in [9.17, 15) is 14.7 Å². The number of amides is 1. The molecule has 1 atom stereocenters. The van der Waals surface area contributed by atoms with Crippen LogP contribution in [0.3, 0.4) is 0 Å². The van der Waals surface area contributed by atoms with Gasteiger partial charge in [-0.1, -0.05) is 67.9 Å². The van der Waals surface area contributed by atoms with Crippen molar-refractivity contribution in [3.63, 3.8) is 0 Å². The van der Waals surface area contributed by atoms with Crippen LogP contribution in [-0.4, -0.2) is 22.9 Å². The van der Waals surface area contributed by atoms with E-state index in [0.29, 0.717) is 22.9 Å². The van der Waals surface area contributed by atoms with Crippen molar-refractivity contribution in [1.82, 2.24) is 0 Å². The zero-order valence-corrected chi connectivity index (χ0v) is 20.8. The van der Waals surface area contributed by atoms with E-state index >= 15 is 0 Å². The van der Waals surface area contributed by atoms with Gasteiger partial charge in [-0.3, -0.25) is 14.5 Å². The summed E-state index contributed by atoms with van der Waals surface area (Å²) in [5.41, 5.74) is 3.99. The summed E-state index contributed by atoms with van der Waals surface area (Å²) in [5.74, 6) is -0.672. The molecule has 1 fully saturated rings. The lowest BCUT2D eigenvalue weighted by atomic mass is 9.94. The fourth-order valence-electron chi connectivity index (χ4n) is 4.42. The lowest BCUT2D eigenvalue weighted by Gasteiger charge is -2.26. The average molecular weight is 470 g/mol. The summed E-state index contributed by atoms with van der Waals surface area (Å²) in [6, 6.07) is 21.5. The number of ether oxygens (including phenoxy) is 1. The Bertz CT molecular complexity index is 1290. The topological polar surface area (TPSA) is 66.8 Å². The average Bonchev–Trinajstić information content (AvgIpc) is 3.09. The normalized spacial score (nSPS) is 17.5. The van der Waals surface area contributed by atoms with E-state index in [0.717, 1.165) is 16.7 Å². The Morgan fingerprint density at radius 1 is 0.914 bits per heavy atom. The number of nitrogens with zero attached hydrogens (tertiary/aromatic N) is 1. The summed E-state index contributed by atoms with van der Waals surface area (Å²) < 4.78 is 5.77. The van der Waals surface area contributed by atoms with Crippen LogP contribution in [-0.2, 0) is 9.59 Å².